The van der Waals surface area contributed by atoms with Crippen LogP contribution in [0.4, 0.5) is 0 Å². The number of aryl methyl sites for hydroxylation is 1. The monoisotopic (exact) mass is 382 g/mol. The Morgan fingerprint density at radius 1 is 0.815 bits per heavy atom. The minimum Gasteiger partial charge on any atom is -0.336 e. The normalized spacial score (nSPS) is 17.9. The average molecular weight is 382 g/mol. The number of rotatable bonds is 3. The highest BCUT2D eigenvalue weighted by Crippen LogP contribution is 2.29. The van der Waals surface area contributed by atoms with Crippen LogP contribution in [0.3, 0.4) is 0 Å². The molecule has 1 amide bonds. The van der Waals surface area contributed by atoms with Gasteiger partial charge in [-0.2, -0.15) is 4.31 Å². The summed E-state index contributed by atoms with van der Waals surface area (Å²) >= 11 is 0. The van der Waals surface area contributed by atoms with Crippen molar-refractivity contribution >= 4 is 22.0 Å². The topological polar surface area (TPSA) is 57.7 Å². The van der Waals surface area contributed by atoms with Crippen LogP contribution in [0.2, 0.25) is 0 Å². The van der Waals surface area contributed by atoms with Crippen molar-refractivity contribution in [2.75, 3.05) is 26.2 Å². The van der Waals surface area contributed by atoms with Crippen LogP contribution >= 0.6 is 0 Å². The minimum absolute atomic E-state index is 0.0431. The molecule has 1 heterocycles. The molecule has 0 spiro atoms. The maximum Gasteiger partial charge on any atom is 0.253 e. The van der Waals surface area contributed by atoms with Gasteiger partial charge in [0, 0.05) is 31.7 Å². The highest BCUT2D eigenvalue weighted by atomic mass is 32.2. The van der Waals surface area contributed by atoms with Crippen LogP contribution < -0.4 is 0 Å². The molecule has 2 aromatic carbocycles. The van der Waals surface area contributed by atoms with Gasteiger partial charge in [0.2, 0.25) is 10.0 Å². The molecule has 140 valence electrons. The summed E-state index contributed by atoms with van der Waals surface area (Å²) in [5, 5.41) is 0. The first-order valence-electron chi connectivity index (χ1n) is 9.19. The van der Waals surface area contributed by atoms with Crippen molar-refractivity contribution in [3.8, 4) is 0 Å². The van der Waals surface area contributed by atoms with E-state index in [0.29, 0.717) is 43.1 Å². The molecule has 1 saturated heterocycles. The van der Waals surface area contributed by atoms with Gasteiger partial charge in [0.15, 0.2) is 0 Å². The van der Waals surface area contributed by atoms with Crippen LogP contribution in [0.5, 0.6) is 0 Å². The van der Waals surface area contributed by atoms with Crippen LogP contribution in [0.15, 0.2) is 59.5 Å². The van der Waals surface area contributed by atoms with Crippen LogP contribution in [0.1, 0.15) is 27.9 Å². The minimum atomic E-state index is -3.49. The summed E-state index contributed by atoms with van der Waals surface area (Å²) in [6.07, 6.45) is 3.08. The summed E-state index contributed by atoms with van der Waals surface area (Å²) in [7, 11) is -3.49. The summed E-state index contributed by atoms with van der Waals surface area (Å²) in [5.41, 5.74) is 2.82. The van der Waals surface area contributed by atoms with Gasteiger partial charge in [-0.05, 0) is 42.2 Å². The van der Waals surface area contributed by atoms with Gasteiger partial charge in [-0.15, -0.1) is 0 Å². The molecule has 1 fully saturated rings. The molecule has 0 radical (unpaired) electrons. The lowest BCUT2D eigenvalue weighted by atomic mass is 9.98. The zero-order valence-electron chi connectivity index (χ0n) is 15.0. The maximum atomic E-state index is 13.1. The number of amides is 1. The van der Waals surface area contributed by atoms with E-state index in [0.717, 1.165) is 12.0 Å². The Balaban J connectivity index is 1.46. The Labute approximate surface area is 160 Å². The summed E-state index contributed by atoms with van der Waals surface area (Å²) < 4.78 is 27.6. The van der Waals surface area contributed by atoms with Crippen LogP contribution in [-0.4, -0.2) is 49.7 Å². The van der Waals surface area contributed by atoms with E-state index in [9.17, 15) is 13.2 Å². The second-order valence-corrected chi connectivity index (χ2v) is 8.86. The van der Waals surface area contributed by atoms with Crippen molar-refractivity contribution in [3.05, 3.63) is 76.2 Å². The number of nitrogens with zero attached hydrogens (tertiary/aromatic N) is 2. The molecule has 6 heteroatoms. The molecule has 0 unspecified atom stereocenters. The Morgan fingerprint density at radius 2 is 1.48 bits per heavy atom. The van der Waals surface area contributed by atoms with E-state index in [1.807, 2.05) is 42.5 Å². The molecule has 5 nitrogen and oxygen atoms in total. The number of carbonyl (C=O) groups excluding carboxylic acids is 1. The van der Waals surface area contributed by atoms with E-state index < -0.39 is 10.0 Å². The Bertz CT molecular complexity index is 975. The fourth-order valence-corrected chi connectivity index (χ4v) is 5.28. The molecular weight excluding hydrogens is 360 g/mol. The molecule has 2 aromatic rings. The fourth-order valence-electron chi connectivity index (χ4n) is 3.67. The first-order chi connectivity index (χ1) is 13.1. The average Bonchev–Trinajstić information content (AvgIpc) is 2.73. The van der Waals surface area contributed by atoms with Crippen molar-refractivity contribution in [3.63, 3.8) is 0 Å². The molecule has 0 aromatic heterocycles. The van der Waals surface area contributed by atoms with Crippen molar-refractivity contribution in [2.24, 2.45) is 0 Å². The second-order valence-electron chi connectivity index (χ2n) is 6.87. The SMILES string of the molecule is O=C(c1ccccc1)N1CCN(S(=O)(=O)C2=Cc3ccccc3CC2)CC1. The van der Waals surface area contributed by atoms with Crippen molar-refractivity contribution in [2.45, 2.75) is 12.8 Å². The molecule has 27 heavy (non-hydrogen) atoms. The van der Waals surface area contributed by atoms with Crippen molar-refractivity contribution in [1.29, 1.82) is 0 Å². The van der Waals surface area contributed by atoms with Gasteiger partial charge in [0.05, 0.1) is 4.91 Å². The first-order valence-corrected chi connectivity index (χ1v) is 10.6. The standard InChI is InChI=1S/C21H22N2O3S/c24-21(18-7-2-1-3-8-18)22-12-14-23(15-13-22)27(25,26)20-11-10-17-6-4-5-9-19(17)16-20/h1-9,16H,10-15H2. The van der Waals surface area contributed by atoms with Gasteiger partial charge in [-0.1, -0.05) is 42.5 Å². The van der Waals surface area contributed by atoms with Crippen LogP contribution in [0.25, 0.3) is 6.08 Å². The van der Waals surface area contributed by atoms with E-state index in [2.05, 4.69) is 0 Å². The third-order valence-electron chi connectivity index (χ3n) is 5.23. The Kier molecular flexibility index (Phi) is 4.85. The van der Waals surface area contributed by atoms with Gasteiger partial charge >= 0.3 is 0 Å². The number of fused-ring (bicyclic) bond motifs is 1. The second kappa shape index (κ2) is 7.29. The van der Waals surface area contributed by atoms with Gasteiger partial charge in [-0.3, -0.25) is 4.79 Å². The third-order valence-corrected chi connectivity index (χ3v) is 7.26. The molecule has 0 N–H and O–H groups in total. The zero-order valence-corrected chi connectivity index (χ0v) is 15.9. The largest absolute Gasteiger partial charge is 0.336 e. The third kappa shape index (κ3) is 3.55. The van der Waals surface area contributed by atoms with E-state index in [-0.39, 0.29) is 5.91 Å². The molecule has 0 atom stereocenters. The number of hydrogen-bond donors (Lipinski definition) is 0. The first kappa shape index (κ1) is 17.9. The number of piperazine rings is 1. The predicted molar refractivity (Wildman–Crippen MR) is 106 cm³/mol. The van der Waals surface area contributed by atoms with Gasteiger partial charge < -0.3 is 4.90 Å². The molecule has 2 aliphatic rings. The molecule has 1 aliphatic carbocycles. The Hall–Kier alpha value is -2.44. The summed E-state index contributed by atoms with van der Waals surface area (Å²) in [6.45, 7) is 1.49. The fraction of sp³-hybridized carbons (Fsp3) is 0.286. The molecule has 0 bridgehead atoms. The van der Waals surface area contributed by atoms with E-state index in [1.54, 1.807) is 23.1 Å². The molecular formula is C21H22N2O3S. The Morgan fingerprint density at radius 3 is 2.22 bits per heavy atom. The van der Waals surface area contributed by atoms with Crippen LogP contribution in [0, 0.1) is 0 Å². The number of allylic oxidation sites excluding steroid dienone is 1. The number of benzene rings is 2. The van der Waals surface area contributed by atoms with Gasteiger partial charge in [0.1, 0.15) is 0 Å². The number of carbonyl (C=O) groups is 1. The van der Waals surface area contributed by atoms with Crippen LogP contribution in [-0.2, 0) is 16.4 Å². The van der Waals surface area contributed by atoms with Crippen molar-refractivity contribution in [1.82, 2.24) is 9.21 Å². The molecule has 1 aliphatic heterocycles. The molecule has 4 rings (SSSR count). The summed E-state index contributed by atoms with van der Waals surface area (Å²) in [4.78, 5) is 14.7. The van der Waals surface area contributed by atoms with E-state index >= 15 is 0 Å². The maximum absolute atomic E-state index is 13.1. The summed E-state index contributed by atoms with van der Waals surface area (Å²) in [6, 6.07) is 17.0. The van der Waals surface area contributed by atoms with Gasteiger partial charge in [0.25, 0.3) is 5.91 Å². The molecule has 0 saturated carbocycles. The zero-order chi connectivity index (χ0) is 18.9. The van der Waals surface area contributed by atoms with E-state index in [4.69, 9.17) is 0 Å². The lowest BCUT2D eigenvalue weighted by Crippen LogP contribution is -2.50. The van der Waals surface area contributed by atoms with Gasteiger partial charge in [-0.25, -0.2) is 8.42 Å². The van der Waals surface area contributed by atoms with Crippen molar-refractivity contribution < 1.29 is 13.2 Å². The number of sulfonamides is 1. The summed E-state index contributed by atoms with van der Waals surface area (Å²) in [5.74, 6) is -0.0431. The highest BCUT2D eigenvalue weighted by Gasteiger charge is 2.32. The van der Waals surface area contributed by atoms with E-state index in [1.165, 1.54) is 9.87 Å². The smallest absolute Gasteiger partial charge is 0.253 e. The lowest BCUT2D eigenvalue weighted by molar-refractivity contribution is 0.0698. The highest BCUT2D eigenvalue weighted by molar-refractivity contribution is 7.93. The lowest BCUT2D eigenvalue weighted by Gasteiger charge is -2.35. The number of hydrogen-bond acceptors (Lipinski definition) is 3. The predicted octanol–water partition coefficient (Wildman–Crippen LogP) is 2.76. The quantitative estimate of drug-likeness (QED) is 0.820.